The van der Waals surface area contributed by atoms with E-state index in [2.05, 4.69) is 60.7 Å². The van der Waals surface area contributed by atoms with Crippen molar-refractivity contribution in [3.8, 4) is 5.75 Å². The zero-order valence-corrected chi connectivity index (χ0v) is 16.1. The molecule has 28 heavy (non-hydrogen) atoms. The normalized spacial score (nSPS) is 24.1. The summed E-state index contributed by atoms with van der Waals surface area (Å²) in [6.45, 7) is 0. The van der Waals surface area contributed by atoms with Gasteiger partial charge in [0.1, 0.15) is 11.5 Å². The van der Waals surface area contributed by atoms with Crippen LogP contribution in [0.2, 0.25) is 0 Å². The van der Waals surface area contributed by atoms with Crippen molar-refractivity contribution in [2.75, 3.05) is 7.11 Å². The molecule has 0 spiro atoms. The van der Waals surface area contributed by atoms with Crippen molar-refractivity contribution in [3.63, 3.8) is 0 Å². The summed E-state index contributed by atoms with van der Waals surface area (Å²) in [6, 6.07) is 23.2. The molecule has 0 heterocycles. The van der Waals surface area contributed by atoms with Crippen LogP contribution in [-0.4, -0.2) is 12.9 Å². The van der Waals surface area contributed by atoms with Crippen LogP contribution in [0.4, 0.5) is 0 Å². The molecule has 3 atom stereocenters. The molecule has 2 aliphatic carbocycles. The number of carbonyl (C=O) groups excluding carboxylic acids is 1. The summed E-state index contributed by atoms with van der Waals surface area (Å²) < 4.78 is 5.31. The lowest BCUT2D eigenvalue weighted by molar-refractivity contribution is -0.128. The van der Waals surface area contributed by atoms with Crippen molar-refractivity contribution < 1.29 is 9.53 Å². The fourth-order valence-electron chi connectivity index (χ4n) is 5.00. The maximum atomic E-state index is 13.3. The number of Topliss-reactive ketones (excluding diaryl/α,β-unsaturated/α-hetero) is 1. The second-order valence-corrected chi connectivity index (χ2v) is 7.98. The van der Waals surface area contributed by atoms with Crippen molar-refractivity contribution >= 4 is 22.1 Å². The molecule has 2 bridgehead atoms. The van der Waals surface area contributed by atoms with Crippen molar-refractivity contribution in [1.82, 2.24) is 0 Å². The molecule has 3 unspecified atom stereocenters. The van der Waals surface area contributed by atoms with E-state index in [1.165, 1.54) is 27.5 Å². The van der Waals surface area contributed by atoms with Crippen LogP contribution in [0.5, 0.6) is 5.75 Å². The van der Waals surface area contributed by atoms with E-state index in [-0.39, 0.29) is 17.8 Å². The first kappa shape index (κ1) is 17.2. The first-order chi connectivity index (χ1) is 13.7. The van der Waals surface area contributed by atoms with Gasteiger partial charge in [0.25, 0.3) is 0 Å². The van der Waals surface area contributed by atoms with Gasteiger partial charge in [-0.15, -0.1) is 0 Å². The minimum absolute atomic E-state index is 0.0504. The smallest absolute Gasteiger partial charge is 0.144 e. The molecule has 1 fully saturated rings. The van der Waals surface area contributed by atoms with Crippen LogP contribution < -0.4 is 4.74 Å². The second kappa shape index (κ2) is 6.94. The van der Waals surface area contributed by atoms with E-state index in [0.29, 0.717) is 5.78 Å². The number of hydrogen-bond donors (Lipinski definition) is 0. The number of rotatable bonds is 3. The van der Waals surface area contributed by atoms with Gasteiger partial charge in [-0.25, -0.2) is 0 Å². The predicted octanol–water partition coefficient (Wildman–Crippen LogP) is 6.01. The number of benzene rings is 3. The maximum absolute atomic E-state index is 13.3. The van der Waals surface area contributed by atoms with Crippen LogP contribution >= 0.6 is 0 Å². The first-order valence-electron chi connectivity index (χ1n) is 10.1. The quantitative estimate of drug-likeness (QED) is 0.565. The summed E-state index contributed by atoms with van der Waals surface area (Å²) in [5, 5.41) is 2.47. The second-order valence-electron chi connectivity index (χ2n) is 7.98. The van der Waals surface area contributed by atoms with Gasteiger partial charge >= 0.3 is 0 Å². The van der Waals surface area contributed by atoms with Crippen molar-refractivity contribution in [2.45, 2.75) is 25.2 Å². The molecule has 0 radical (unpaired) electrons. The largest absolute Gasteiger partial charge is 0.497 e. The van der Waals surface area contributed by atoms with E-state index >= 15 is 0 Å². The van der Waals surface area contributed by atoms with E-state index in [9.17, 15) is 4.79 Å². The molecule has 0 amide bonds. The molecule has 2 nitrogen and oxygen atoms in total. The number of ether oxygens (including phenoxy) is 1. The van der Waals surface area contributed by atoms with Crippen LogP contribution in [0.15, 0.2) is 72.8 Å². The lowest BCUT2D eigenvalue weighted by Gasteiger charge is -2.39. The zero-order chi connectivity index (χ0) is 19.1. The van der Waals surface area contributed by atoms with E-state index in [0.717, 1.165) is 25.0 Å². The summed E-state index contributed by atoms with van der Waals surface area (Å²) in [4.78, 5) is 13.3. The van der Waals surface area contributed by atoms with E-state index in [1.54, 1.807) is 7.11 Å². The minimum Gasteiger partial charge on any atom is -0.497 e. The Labute approximate surface area is 165 Å². The topological polar surface area (TPSA) is 26.3 Å². The highest BCUT2D eigenvalue weighted by atomic mass is 16.5. The Kier molecular flexibility index (Phi) is 4.27. The number of methoxy groups -OCH3 is 1. The third kappa shape index (κ3) is 2.84. The Morgan fingerprint density at radius 2 is 1.68 bits per heavy atom. The zero-order valence-electron chi connectivity index (χ0n) is 16.1. The van der Waals surface area contributed by atoms with Crippen LogP contribution in [0.3, 0.4) is 0 Å². The van der Waals surface area contributed by atoms with Gasteiger partial charge in [-0.1, -0.05) is 61.0 Å². The molecule has 0 N–H and O–H groups in total. The van der Waals surface area contributed by atoms with Gasteiger partial charge in [0.2, 0.25) is 0 Å². The van der Waals surface area contributed by atoms with Gasteiger partial charge in [0, 0.05) is 17.8 Å². The molecule has 0 aromatic heterocycles. The summed E-state index contributed by atoms with van der Waals surface area (Å²) in [7, 11) is 1.68. The summed E-state index contributed by atoms with van der Waals surface area (Å²) in [5.74, 6) is 1.59. The Hall–Kier alpha value is -2.87. The summed E-state index contributed by atoms with van der Waals surface area (Å²) >= 11 is 0. The first-order valence-corrected chi connectivity index (χ1v) is 10.1. The highest BCUT2D eigenvalue weighted by Crippen LogP contribution is 2.48. The molecule has 0 aliphatic heterocycles. The van der Waals surface area contributed by atoms with Gasteiger partial charge in [-0.05, 0) is 58.5 Å². The van der Waals surface area contributed by atoms with Gasteiger partial charge < -0.3 is 4.74 Å². The van der Waals surface area contributed by atoms with Crippen LogP contribution in [0.25, 0.3) is 16.3 Å². The number of carbonyl (C=O) groups is 1. The van der Waals surface area contributed by atoms with E-state index < -0.39 is 0 Å². The number of allylic oxidation sites excluding steroid dienone is 2. The average Bonchev–Trinajstić information content (AvgIpc) is 2.74. The average molecular weight is 368 g/mol. The van der Waals surface area contributed by atoms with Gasteiger partial charge in [-0.2, -0.15) is 0 Å². The Morgan fingerprint density at radius 3 is 2.46 bits per heavy atom. The van der Waals surface area contributed by atoms with Crippen molar-refractivity contribution in [1.29, 1.82) is 0 Å². The monoisotopic (exact) mass is 368 g/mol. The molecular weight excluding hydrogens is 344 g/mol. The van der Waals surface area contributed by atoms with Crippen LogP contribution in [-0.2, 0) is 4.79 Å². The maximum Gasteiger partial charge on any atom is 0.144 e. The fraction of sp³-hybridized carbons (Fsp3) is 0.269. The summed E-state index contributed by atoms with van der Waals surface area (Å²) in [5.41, 5.74) is 3.61. The predicted molar refractivity (Wildman–Crippen MR) is 113 cm³/mol. The molecule has 3 aromatic rings. The van der Waals surface area contributed by atoms with E-state index in [4.69, 9.17) is 4.74 Å². The Balaban J connectivity index is 1.62. The van der Waals surface area contributed by atoms with Gasteiger partial charge in [0.15, 0.2) is 0 Å². The molecule has 2 aliphatic rings. The standard InChI is InChI=1S/C26H24O2/c1-28-21-13-11-18(12-14-21)24-16-25(23-8-4-7-22(24)26(23)27)20-10-9-17-5-2-3-6-19(17)15-20/h2-3,5-6,9-16,22-24H,4,7-8H2,1H3. The van der Waals surface area contributed by atoms with Gasteiger partial charge in [0.05, 0.1) is 7.11 Å². The van der Waals surface area contributed by atoms with Gasteiger partial charge in [-0.3, -0.25) is 4.79 Å². The van der Waals surface area contributed by atoms with E-state index in [1.807, 2.05) is 12.1 Å². The Bertz CT molecular complexity index is 1060. The molecule has 3 aromatic carbocycles. The minimum atomic E-state index is 0.0504. The number of hydrogen-bond acceptors (Lipinski definition) is 2. The Morgan fingerprint density at radius 1 is 0.893 bits per heavy atom. The molecular formula is C26H24O2. The SMILES string of the molecule is COc1ccc(C2C=C(c3ccc4ccccc4c3)C3CCCC2C3=O)cc1. The third-order valence-electron chi connectivity index (χ3n) is 6.47. The lowest BCUT2D eigenvalue weighted by atomic mass is 9.64. The van der Waals surface area contributed by atoms with Crippen LogP contribution in [0.1, 0.15) is 36.3 Å². The number of fused-ring (bicyclic) bond motifs is 3. The fourth-order valence-corrected chi connectivity index (χ4v) is 5.00. The molecule has 2 heteroatoms. The lowest BCUT2D eigenvalue weighted by Crippen LogP contribution is -2.36. The third-order valence-corrected chi connectivity index (χ3v) is 6.47. The highest BCUT2D eigenvalue weighted by molar-refractivity contribution is 6.00. The molecule has 0 saturated heterocycles. The summed E-state index contributed by atoms with van der Waals surface area (Å²) in [6.07, 6.45) is 5.47. The van der Waals surface area contributed by atoms with Crippen molar-refractivity contribution in [3.05, 3.63) is 83.9 Å². The molecule has 140 valence electrons. The molecule has 5 rings (SSSR count). The number of ketones is 1. The highest BCUT2D eigenvalue weighted by Gasteiger charge is 2.42. The molecule has 1 saturated carbocycles. The van der Waals surface area contributed by atoms with Crippen LogP contribution in [0, 0.1) is 11.8 Å². The van der Waals surface area contributed by atoms with Crippen molar-refractivity contribution in [2.24, 2.45) is 11.8 Å².